The first-order chi connectivity index (χ1) is 5.74. The minimum atomic E-state index is -0.104. The molecule has 4 heteroatoms. The maximum atomic E-state index is 8.21. The van der Waals surface area contributed by atoms with Gasteiger partial charge in [0.25, 0.3) is 0 Å². The molecule has 0 radical (unpaired) electrons. The fourth-order valence-corrected chi connectivity index (χ4v) is 1.33. The zero-order valence-electron chi connectivity index (χ0n) is 6.61. The van der Waals surface area contributed by atoms with Crippen molar-refractivity contribution in [3.63, 3.8) is 0 Å². The predicted molar refractivity (Wildman–Crippen MR) is 51.7 cm³/mol. The number of nitrogens with zero attached hydrogens (tertiary/aromatic N) is 3. The van der Waals surface area contributed by atoms with Crippen LogP contribution in [0.4, 0.5) is 0 Å². The summed E-state index contributed by atoms with van der Waals surface area (Å²) in [5, 5.41) is 3.60. The Labute approximate surface area is 79.2 Å². The lowest BCUT2D eigenvalue weighted by molar-refractivity contribution is 0.807. The van der Waals surface area contributed by atoms with Gasteiger partial charge in [0.15, 0.2) is 0 Å². The maximum absolute atomic E-state index is 8.21. The van der Waals surface area contributed by atoms with Gasteiger partial charge in [0.05, 0.1) is 6.04 Å². The summed E-state index contributed by atoms with van der Waals surface area (Å²) in [6.07, 6.45) is 0. The lowest BCUT2D eigenvalue weighted by Gasteiger charge is -2.03. The van der Waals surface area contributed by atoms with Crippen LogP contribution in [0.25, 0.3) is 10.4 Å². The van der Waals surface area contributed by atoms with Gasteiger partial charge in [-0.15, -0.1) is 0 Å². The van der Waals surface area contributed by atoms with Crippen molar-refractivity contribution in [2.45, 2.75) is 13.0 Å². The number of azide groups is 1. The molecule has 1 atom stereocenters. The van der Waals surface area contributed by atoms with E-state index < -0.39 is 0 Å². The number of hydrogen-bond donors (Lipinski definition) is 0. The van der Waals surface area contributed by atoms with Crippen molar-refractivity contribution in [2.75, 3.05) is 0 Å². The largest absolute Gasteiger partial charge is 0.0862 e. The van der Waals surface area contributed by atoms with Crippen molar-refractivity contribution in [1.29, 1.82) is 0 Å². The Bertz CT molecular complexity index is 318. The number of benzene rings is 1. The van der Waals surface area contributed by atoms with Gasteiger partial charge in [0.2, 0.25) is 0 Å². The second-order valence-electron chi connectivity index (χ2n) is 2.44. The van der Waals surface area contributed by atoms with Gasteiger partial charge in [-0.1, -0.05) is 40.1 Å². The van der Waals surface area contributed by atoms with E-state index in [2.05, 4.69) is 26.0 Å². The number of rotatable bonds is 2. The molecule has 0 bridgehead atoms. The van der Waals surface area contributed by atoms with Crippen LogP contribution in [0.3, 0.4) is 0 Å². The molecule has 0 heterocycles. The van der Waals surface area contributed by atoms with E-state index in [0.29, 0.717) is 0 Å². The van der Waals surface area contributed by atoms with Gasteiger partial charge in [0, 0.05) is 9.38 Å². The third kappa shape index (κ3) is 2.26. The summed E-state index contributed by atoms with van der Waals surface area (Å²) in [5.41, 5.74) is 9.23. The molecule has 0 saturated heterocycles. The molecule has 0 aliphatic rings. The highest BCUT2D eigenvalue weighted by Crippen LogP contribution is 2.20. The molecule has 62 valence electrons. The topological polar surface area (TPSA) is 48.8 Å². The zero-order valence-corrected chi connectivity index (χ0v) is 8.19. The first kappa shape index (κ1) is 9.10. The third-order valence-corrected chi connectivity index (χ3v) is 2.05. The molecular formula is C8H8BrN3. The Morgan fingerprint density at radius 2 is 2.33 bits per heavy atom. The minimum Gasteiger partial charge on any atom is -0.0862 e. The van der Waals surface area contributed by atoms with Crippen LogP contribution in [-0.4, -0.2) is 0 Å². The molecule has 1 aromatic rings. The molecule has 0 aromatic heterocycles. The van der Waals surface area contributed by atoms with Crippen molar-refractivity contribution in [3.05, 3.63) is 44.7 Å². The molecule has 0 aliphatic carbocycles. The Morgan fingerprint density at radius 3 is 2.92 bits per heavy atom. The summed E-state index contributed by atoms with van der Waals surface area (Å²) in [6, 6.07) is 7.63. The van der Waals surface area contributed by atoms with Crippen LogP contribution in [0.15, 0.2) is 33.9 Å². The summed E-state index contributed by atoms with van der Waals surface area (Å²) in [5.74, 6) is 0. The van der Waals surface area contributed by atoms with Crippen molar-refractivity contribution in [3.8, 4) is 0 Å². The quantitative estimate of drug-likeness (QED) is 0.418. The fourth-order valence-electron chi connectivity index (χ4n) is 0.911. The van der Waals surface area contributed by atoms with E-state index in [1.54, 1.807) is 0 Å². The number of hydrogen-bond acceptors (Lipinski definition) is 1. The summed E-state index contributed by atoms with van der Waals surface area (Å²) in [7, 11) is 0. The second kappa shape index (κ2) is 4.14. The van der Waals surface area contributed by atoms with E-state index in [9.17, 15) is 0 Å². The molecule has 3 nitrogen and oxygen atoms in total. The van der Waals surface area contributed by atoms with Crippen LogP contribution in [0.2, 0.25) is 0 Å². The van der Waals surface area contributed by atoms with Crippen LogP contribution in [0.1, 0.15) is 18.5 Å². The van der Waals surface area contributed by atoms with Gasteiger partial charge >= 0.3 is 0 Å². The molecule has 0 amide bonds. The lowest BCUT2D eigenvalue weighted by Crippen LogP contribution is -1.86. The molecule has 0 spiro atoms. The van der Waals surface area contributed by atoms with E-state index in [4.69, 9.17) is 5.53 Å². The lowest BCUT2D eigenvalue weighted by atomic mass is 10.1. The Morgan fingerprint density at radius 1 is 1.58 bits per heavy atom. The molecule has 0 N–H and O–H groups in total. The smallest absolute Gasteiger partial charge is 0.0597 e. The van der Waals surface area contributed by atoms with Crippen molar-refractivity contribution >= 4 is 15.9 Å². The SMILES string of the molecule is CC(N=[N+]=[N-])c1cccc(Br)c1. The Hall–Kier alpha value is -0.990. The third-order valence-electron chi connectivity index (χ3n) is 1.56. The monoisotopic (exact) mass is 225 g/mol. The van der Waals surface area contributed by atoms with Crippen LogP contribution < -0.4 is 0 Å². The molecule has 0 fully saturated rings. The van der Waals surface area contributed by atoms with Gasteiger partial charge in [-0.05, 0) is 23.2 Å². The van der Waals surface area contributed by atoms with E-state index >= 15 is 0 Å². The summed E-state index contributed by atoms with van der Waals surface area (Å²) < 4.78 is 1.000. The standard InChI is InChI=1S/C8H8BrN3/c1-6(11-12-10)7-3-2-4-8(9)5-7/h2-6H,1H3. The highest BCUT2D eigenvalue weighted by Gasteiger charge is 2.01. The van der Waals surface area contributed by atoms with Gasteiger partial charge in [-0.25, -0.2) is 0 Å². The fraction of sp³-hybridized carbons (Fsp3) is 0.250. The van der Waals surface area contributed by atoms with Gasteiger partial charge < -0.3 is 0 Å². The van der Waals surface area contributed by atoms with E-state index in [-0.39, 0.29) is 6.04 Å². The summed E-state index contributed by atoms with van der Waals surface area (Å²) in [6.45, 7) is 1.86. The van der Waals surface area contributed by atoms with E-state index in [1.165, 1.54) is 0 Å². The minimum absolute atomic E-state index is 0.104. The van der Waals surface area contributed by atoms with Crippen LogP contribution in [0, 0.1) is 0 Å². The molecule has 1 aromatic carbocycles. The maximum Gasteiger partial charge on any atom is 0.0597 e. The Balaban J connectivity index is 2.94. The number of halogens is 1. The molecule has 1 rings (SSSR count). The molecule has 1 unspecified atom stereocenters. The van der Waals surface area contributed by atoms with Crippen LogP contribution in [-0.2, 0) is 0 Å². The molecular weight excluding hydrogens is 218 g/mol. The molecule has 12 heavy (non-hydrogen) atoms. The predicted octanol–water partition coefficient (Wildman–Crippen LogP) is 3.82. The second-order valence-corrected chi connectivity index (χ2v) is 3.35. The average molecular weight is 226 g/mol. The summed E-state index contributed by atoms with van der Waals surface area (Å²) >= 11 is 3.35. The van der Waals surface area contributed by atoms with Crippen molar-refractivity contribution < 1.29 is 0 Å². The highest BCUT2D eigenvalue weighted by molar-refractivity contribution is 9.10. The van der Waals surface area contributed by atoms with Crippen LogP contribution >= 0.6 is 15.9 Å². The Kier molecular flexibility index (Phi) is 3.14. The first-order valence-electron chi connectivity index (χ1n) is 3.53. The van der Waals surface area contributed by atoms with Crippen LogP contribution in [0.5, 0.6) is 0 Å². The van der Waals surface area contributed by atoms with Gasteiger partial charge in [0.1, 0.15) is 0 Å². The normalized spacial score (nSPS) is 11.8. The first-order valence-corrected chi connectivity index (χ1v) is 4.33. The van der Waals surface area contributed by atoms with Crippen molar-refractivity contribution in [1.82, 2.24) is 0 Å². The van der Waals surface area contributed by atoms with Crippen molar-refractivity contribution in [2.24, 2.45) is 5.11 Å². The molecule has 0 aliphatic heterocycles. The van der Waals surface area contributed by atoms with Gasteiger partial charge in [-0.2, -0.15) is 0 Å². The van der Waals surface area contributed by atoms with E-state index in [1.807, 2.05) is 31.2 Å². The zero-order chi connectivity index (χ0) is 8.97. The highest BCUT2D eigenvalue weighted by atomic mass is 79.9. The molecule has 0 saturated carbocycles. The average Bonchev–Trinajstić information content (AvgIpc) is 2.05. The van der Waals surface area contributed by atoms with Gasteiger partial charge in [-0.3, -0.25) is 0 Å². The van der Waals surface area contributed by atoms with E-state index in [0.717, 1.165) is 10.0 Å². The summed E-state index contributed by atoms with van der Waals surface area (Å²) in [4.78, 5) is 2.75.